The molecule has 0 spiro atoms. The molecule has 1 aromatic carbocycles. The molecule has 0 amide bonds. The number of aliphatic hydroxyl groups excluding tert-OH is 1. The summed E-state index contributed by atoms with van der Waals surface area (Å²) < 4.78 is 0. The van der Waals surface area contributed by atoms with Crippen molar-refractivity contribution in [3.8, 4) is 0 Å². The van der Waals surface area contributed by atoms with E-state index >= 15 is 0 Å². The molecule has 0 aromatic heterocycles. The third-order valence-electron chi connectivity index (χ3n) is 4.27. The molecule has 6 heteroatoms. The first kappa shape index (κ1) is 22.9. The van der Waals surface area contributed by atoms with Crippen molar-refractivity contribution >= 4 is 12.2 Å². The minimum absolute atomic E-state index is 0.142. The quantitative estimate of drug-likeness (QED) is 0.354. The van der Waals surface area contributed by atoms with Crippen molar-refractivity contribution in [3.05, 3.63) is 46.8 Å². The number of aliphatic hydroxyl groups is 1. The number of benzene rings is 1. The van der Waals surface area contributed by atoms with Crippen LogP contribution in [0, 0.1) is 6.92 Å². The smallest absolute Gasteiger partial charge is 0.221 e. The second-order valence-corrected chi connectivity index (χ2v) is 6.58. The molecule has 150 valence electrons. The van der Waals surface area contributed by atoms with E-state index in [1.807, 2.05) is 13.1 Å². The van der Waals surface area contributed by atoms with Gasteiger partial charge in [-0.2, -0.15) is 4.99 Å². The van der Waals surface area contributed by atoms with Gasteiger partial charge in [-0.15, -0.1) is 0 Å². The zero-order valence-electron chi connectivity index (χ0n) is 17.1. The van der Waals surface area contributed by atoms with E-state index in [1.54, 1.807) is 13.1 Å². The molecule has 0 aliphatic carbocycles. The molecule has 5 N–H and O–H groups in total. The van der Waals surface area contributed by atoms with Gasteiger partial charge in [0.1, 0.15) is 5.82 Å². The SMILES string of the molecule is C/C=N/C(N)=N\C(=C\Cc1ccc(CNC)cc1C)N[C@@H](CCC)CCO. The van der Waals surface area contributed by atoms with Crippen LogP contribution < -0.4 is 16.4 Å². The van der Waals surface area contributed by atoms with Gasteiger partial charge < -0.3 is 21.5 Å². The van der Waals surface area contributed by atoms with Crippen molar-refractivity contribution in [3.63, 3.8) is 0 Å². The van der Waals surface area contributed by atoms with Crippen molar-refractivity contribution in [2.75, 3.05) is 13.7 Å². The van der Waals surface area contributed by atoms with Crippen molar-refractivity contribution in [1.82, 2.24) is 10.6 Å². The van der Waals surface area contributed by atoms with Gasteiger partial charge in [0, 0.05) is 25.4 Å². The average molecular weight is 374 g/mol. The van der Waals surface area contributed by atoms with Crippen molar-refractivity contribution in [1.29, 1.82) is 0 Å². The summed E-state index contributed by atoms with van der Waals surface area (Å²) in [6.07, 6.45) is 7.08. The third-order valence-corrected chi connectivity index (χ3v) is 4.27. The number of aryl methyl sites for hydroxylation is 1. The topological polar surface area (TPSA) is 95.0 Å². The highest BCUT2D eigenvalue weighted by molar-refractivity contribution is 5.86. The molecular weight excluding hydrogens is 338 g/mol. The molecule has 27 heavy (non-hydrogen) atoms. The fraction of sp³-hybridized carbons (Fsp3) is 0.524. The van der Waals surface area contributed by atoms with E-state index in [0.29, 0.717) is 12.2 Å². The molecule has 0 fully saturated rings. The van der Waals surface area contributed by atoms with Crippen LogP contribution in [-0.4, -0.2) is 37.0 Å². The van der Waals surface area contributed by atoms with Gasteiger partial charge in [-0.25, -0.2) is 4.99 Å². The number of nitrogens with zero attached hydrogens (tertiary/aromatic N) is 2. The Morgan fingerprint density at radius 3 is 2.70 bits per heavy atom. The molecule has 1 atom stereocenters. The molecule has 0 saturated heterocycles. The van der Waals surface area contributed by atoms with Gasteiger partial charge in [-0.3, -0.25) is 0 Å². The number of allylic oxidation sites excluding steroid dienone is 1. The highest BCUT2D eigenvalue weighted by Gasteiger charge is 2.09. The largest absolute Gasteiger partial charge is 0.396 e. The molecule has 0 unspecified atom stereocenters. The van der Waals surface area contributed by atoms with Crippen LogP contribution in [-0.2, 0) is 13.0 Å². The standard InChI is InChI=1S/C21H35N5O/c1-5-7-19(12-13-27)25-20(26-21(22)24-6-2)11-10-18-9-8-17(15-23-4)14-16(18)3/h6,8-9,11,14,19,23,25,27H,5,7,10,12-13,15H2,1-4H3,(H2,22,26)/b20-11+,24-6+/t19-/m0/s1. The van der Waals surface area contributed by atoms with Gasteiger partial charge >= 0.3 is 0 Å². The Labute approximate surface area is 163 Å². The highest BCUT2D eigenvalue weighted by Crippen LogP contribution is 2.14. The third kappa shape index (κ3) is 8.84. The Morgan fingerprint density at radius 1 is 1.33 bits per heavy atom. The van der Waals surface area contributed by atoms with Gasteiger partial charge in [-0.05, 0) is 62.9 Å². The van der Waals surface area contributed by atoms with Crippen molar-refractivity contribution < 1.29 is 5.11 Å². The maximum absolute atomic E-state index is 9.31. The molecule has 1 rings (SSSR count). The molecule has 6 nitrogen and oxygen atoms in total. The van der Waals surface area contributed by atoms with Crippen molar-refractivity contribution in [2.24, 2.45) is 15.7 Å². The number of rotatable bonds is 11. The lowest BCUT2D eigenvalue weighted by Crippen LogP contribution is -2.29. The summed E-state index contributed by atoms with van der Waals surface area (Å²) in [6, 6.07) is 6.67. The normalized spacial score (nSPS) is 14.0. The molecule has 0 heterocycles. The van der Waals surface area contributed by atoms with Crippen LogP contribution in [0.25, 0.3) is 0 Å². The van der Waals surface area contributed by atoms with E-state index in [4.69, 9.17) is 5.73 Å². The summed E-state index contributed by atoms with van der Waals surface area (Å²) in [6.45, 7) is 7.06. The van der Waals surface area contributed by atoms with Crippen LogP contribution in [0.4, 0.5) is 0 Å². The zero-order chi connectivity index (χ0) is 20.1. The Bertz CT molecular complexity index is 646. The fourth-order valence-corrected chi connectivity index (χ4v) is 2.93. The van der Waals surface area contributed by atoms with Crippen LogP contribution in [0.3, 0.4) is 0 Å². The highest BCUT2D eigenvalue weighted by atomic mass is 16.3. The lowest BCUT2D eigenvalue weighted by molar-refractivity contribution is 0.264. The molecule has 1 aromatic rings. The van der Waals surface area contributed by atoms with E-state index in [9.17, 15) is 5.11 Å². The van der Waals surface area contributed by atoms with E-state index in [-0.39, 0.29) is 18.6 Å². The van der Waals surface area contributed by atoms with E-state index in [1.165, 1.54) is 16.7 Å². The van der Waals surface area contributed by atoms with Gasteiger partial charge in [0.2, 0.25) is 5.96 Å². The van der Waals surface area contributed by atoms with Crippen LogP contribution in [0.5, 0.6) is 0 Å². The molecule has 0 saturated carbocycles. The first-order valence-corrected chi connectivity index (χ1v) is 9.67. The number of nitrogens with one attached hydrogen (secondary N) is 2. The number of guanidine groups is 1. The Kier molecular flexibility index (Phi) is 11.1. The predicted octanol–water partition coefficient (Wildman–Crippen LogP) is 2.64. The summed E-state index contributed by atoms with van der Waals surface area (Å²) in [5.41, 5.74) is 9.64. The predicted molar refractivity (Wildman–Crippen MR) is 115 cm³/mol. The van der Waals surface area contributed by atoms with Gasteiger partial charge in [0.05, 0.1) is 0 Å². The second kappa shape index (κ2) is 13.1. The molecular formula is C21H35N5O. The maximum Gasteiger partial charge on any atom is 0.221 e. The fourth-order valence-electron chi connectivity index (χ4n) is 2.93. The summed E-state index contributed by atoms with van der Waals surface area (Å²) in [5, 5.41) is 15.9. The van der Waals surface area contributed by atoms with Gasteiger partial charge in [-0.1, -0.05) is 31.5 Å². The van der Waals surface area contributed by atoms with E-state index < -0.39 is 0 Å². The first-order valence-electron chi connectivity index (χ1n) is 9.67. The summed E-state index contributed by atoms with van der Waals surface area (Å²) >= 11 is 0. The van der Waals surface area contributed by atoms with Gasteiger partial charge in [0.15, 0.2) is 0 Å². The molecule has 0 aliphatic rings. The Balaban J connectivity index is 3.01. The first-order chi connectivity index (χ1) is 13.0. The average Bonchev–Trinajstić information content (AvgIpc) is 2.61. The van der Waals surface area contributed by atoms with E-state index in [0.717, 1.165) is 25.8 Å². The number of nitrogens with two attached hydrogens (primary N) is 1. The lowest BCUT2D eigenvalue weighted by Gasteiger charge is -2.19. The van der Waals surface area contributed by atoms with E-state index in [2.05, 4.69) is 52.7 Å². The van der Waals surface area contributed by atoms with Crippen LogP contribution >= 0.6 is 0 Å². The summed E-state index contributed by atoms with van der Waals surface area (Å²) in [4.78, 5) is 8.45. The monoisotopic (exact) mass is 373 g/mol. The zero-order valence-corrected chi connectivity index (χ0v) is 17.1. The molecule has 0 aliphatic heterocycles. The summed E-state index contributed by atoms with van der Waals surface area (Å²) in [7, 11) is 1.95. The lowest BCUT2D eigenvalue weighted by atomic mass is 10.0. The Morgan fingerprint density at radius 2 is 2.11 bits per heavy atom. The number of aliphatic imine (C=N–C) groups is 2. The number of hydrogen-bond acceptors (Lipinski definition) is 4. The minimum Gasteiger partial charge on any atom is -0.396 e. The maximum atomic E-state index is 9.31. The number of hydrogen-bond donors (Lipinski definition) is 4. The van der Waals surface area contributed by atoms with Crippen LogP contribution in [0.15, 0.2) is 40.1 Å². The molecule has 0 radical (unpaired) electrons. The second-order valence-electron chi connectivity index (χ2n) is 6.58. The minimum atomic E-state index is 0.142. The van der Waals surface area contributed by atoms with Crippen molar-refractivity contribution in [2.45, 2.75) is 59.0 Å². The van der Waals surface area contributed by atoms with Crippen LogP contribution in [0.2, 0.25) is 0 Å². The Hall–Kier alpha value is -2.18. The van der Waals surface area contributed by atoms with Crippen LogP contribution in [0.1, 0.15) is 49.8 Å². The summed E-state index contributed by atoms with van der Waals surface area (Å²) in [5.74, 6) is 0.917. The van der Waals surface area contributed by atoms with Gasteiger partial charge in [0.25, 0.3) is 0 Å². The molecule has 0 bridgehead atoms.